The summed E-state index contributed by atoms with van der Waals surface area (Å²) < 4.78 is 0. The Morgan fingerprint density at radius 3 is 2.38 bits per heavy atom. The van der Waals surface area contributed by atoms with Crippen molar-refractivity contribution in [3.05, 3.63) is 0 Å². The van der Waals surface area contributed by atoms with Crippen LogP contribution in [0, 0.1) is 17.8 Å². The fraction of sp³-hybridized carbons (Fsp3) is 0.875. The first kappa shape index (κ1) is 14.7. The van der Waals surface area contributed by atoms with Gasteiger partial charge in [-0.05, 0) is 38.0 Å². The maximum Gasteiger partial charge on any atom is 0.320 e. The summed E-state index contributed by atoms with van der Waals surface area (Å²) in [6, 6.07) is -0.116. The zero-order chi connectivity index (χ0) is 15.0. The van der Waals surface area contributed by atoms with Crippen LogP contribution in [-0.4, -0.2) is 52.6 Å². The number of likely N-dealkylation sites (tertiary alicyclic amines) is 2. The molecule has 1 saturated carbocycles. The predicted molar refractivity (Wildman–Crippen MR) is 78.9 cm³/mol. The number of rotatable bonds is 1. The number of nitrogens with zero attached hydrogens (tertiary/aromatic N) is 2. The second-order valence-electron chi connectivity index (χ2n) is 6.99. The minimum absolute atomic E-state index is 0.0651. The predicted octanol–water partition coefficient (Wildman–Crippen LogP) is 2.41. The highest BCUT2D eigenvalue weighted by Gasteiger charge is 2.41. The smallest absolute Gasteiger partial charge is 0.320 e. The molecule has 5 nitrogen and oxygen atoms in total. The third kappa shape index (κ3) is 2.74. The molecule has 1 N–H and O–H groups in total. The van der Waals surface area contributed by atoms with Gasteiger partial charge in [-0.3, -0.25) is 4.79 Å². The molecule has 0 aromatic rings. The van der Waals surface area contributed by atoms with Crippen LogP contribution in [0.15, 0.2) is 0 Å². The zero-order valence-corrected chi connectivity index (χ0v) is 12.8. The highest BCUT2D eigenvalue weighted by Crippen LogP contribution is 2.37. The number of hydrogen-bond donors (Lipinski definition) is 1. The van der Waals surface area contributed by atoms with Crippen LogP contribution in [0.2, 0.25) is 0 Å². The minimum Gasteiger partial charge on any atom is -0.481 e. The van der Waals surface area contributed by atoms with Crippen molar-refractivity contribution in [2.75, 3.05) is 19.6 Å². The van der Waals surface area contributed by atoms with Crippen LogP contribution < -0.4 is 0 Å². The van der Waals surface area contributed by atoms with Gasteiger partial charge in [0.25, 0.3) is 0 Å². The number of amides is 2. The Balaban J connectivity index is 1.62. The summed E-state index contributed by atoms with van der Waals surface area (Å²) in [7, 11) is 0. The van der Waals surface area contributed by atoms with Crippen molar-refractivity contribution in [3.63, 3.8) is 0 Å². The minimum atomic E-state index is -0.774. The van der Waals surface area contributed by atoms with E-state index in [1.807, 2.05) is 11.8 Å². The van der Waals surface area contributed by atoms with Gasteiger partial charge >= 0.3 is 12.0 Å². The Morgan fingerprint density at radius 1 is 1.00 bits per heavy atom. The first-order valence-corrected chi connectivity index (χ1v) is 8.36. The largest absolute Gasteiger partial charge is 0.481 e. The van der Waals surface area contributed by atoms with Crippen molar-refractivity contribution >= 4 is 12.0 Å². The number of carbonyl (C=O) groups excluding carboxylic acids is 1. The molecule has 4 atom stereocenters. The van der Waals surface area contributed by atoms with Crippen LogP contribution in [0.3, 0.4) is 0 Å². The number of carbonyl (C=O) groups is 2. The van der Waals surface area contributed by atoms with Crippen LogP contribution >= 0.6 is 0 Å². The second-order valence-corrected chi connectivity index (χ2v) is 6.99. The van der Waals surface area contributed by atoms with Gasteiger partial charge in [0.05, 0.1) is 5.92 Å². The SMILES string of the molecule is CC1C(C(=O)O)CCN1C(=O)N1CCC2CCCCC2C1. The van der Waals surface area contributed by atoms with Crippen molar-refractivity contribution in [1.29, 1.82) is 0 Å². The van der Waals surface area contributed by atoms with Crippen LogP contribution in [0.25, 0.3) is 0 Å². The summed E-state index contributed by atoms with van der Waals surface area (Å²) in [6.07, 6.45) is 6.93. The van der Waals surface area contributed by atoms with Gasteiger partial charge in [0.15, 0.2) is 0 Å². The van der Waals surface area contributed by atoms with E-state index in [-0.39, 0.29) is 12.1 Å². The lowest BCUT2D eigenvalue weighted by Crippen LogP contribution is -2.51. The molecule has 2 amide bonds. The maximum absolute atomic E-state index is 12.7. The van der Waals surface area contributed by atoms with Gasteiger partial charge < -0.3 is 14.9 Å². The van der Waals surface area contributed by atoms with Crippen LogP contribution in [0.4, 0.5) is 4.79 Å². The molecule has 3 rings (SSSR count). The number of carboxylic acids is 1. The first-order chi connectivity index (χ1) is 10.1. The van der Waals surface area contributed by atoms with Crippen molar-refractivity contribution in [2.45, 2.75) is 51.5 Å². The van der Waals surface area contributed by atoms with Gasteiger partial charge in [-0.15, -0.1) is 0 Å². The standard InChI is InChI=1S/C16H26N2O3/c1-11-14(15(19)20)7-9-18(11)16(21)17-8-6-12-4-2-3-5-13(12)10-17/h11-14H,2-10H2,1H3,(H,19,20). The number of fused-ring (bicyclic) bond motifs is 1. The van der Waals surface area contributed by atoms with Crippen LogP contribution in [0.1, 0.15) is 45.4 Å². The summed E-state index contributed by atoms with van der Waals surface area (Å²) in [5.41, 5.74) is 0. The van der Waals surface area contributed by atoms with Gasteiger partial charge in [0.2, 0.25) is 0 Å². The van der Waals surface area contributed by atoms with E-state index in [2.05, 4.69) is 0 Å². The van der Waals surface area contributed by atoms with Crippen LogP contribution in [-0.2, 0) is 4.79 Å². The number of aliphatic carboxylic acids is 1. The van der Waals surface area contributed by atoms with Crippen molar-refractivity contribution in [2.24, 2.45) is 17.8 Å². The van der Waals surface area contributed by atoms with E-state index < -0.39 is 11.9 Å². The molecule has 4 unspecified atom stereocenters. The van der Waals surface area contributed by atoms with Crippen molar-refractivity contribution in [3.8, 4) is 0 Å². The Kier molecular flexibility index (Phi) is 4.09. The molecule has 0 radical (unpaired) electrons. The Labute approximate surface area is 126 Å². The van der Waals surface area contributed by atoms with E-state index in [4.69, 9.17) is 0 Å². The zero-order valence-electron chi connectivity index (χ0n) is 12.8. The highest BCUT2D eigenvalue weighted by molar-refractivity contribution is 5.78. The molecule has 21 heavy (non-hydrogen) atoms. The molecular formula is C16H26N2O3. The second kappa shape index (κ2) is 5.85. The lowest BCUT2D eigenvalue weighted by molar-refractivity contribution is -0.142. The number of urea groups is 1. The first-order valence-electron chi connectivity index (χ1n) is 8.36. The third-order valence-electron chi connectivity index (χ3n) is 5.88. The summed E-state index contributed by atoms with van der Waals surface area (Å²) in [4.78, 5) is 27.7. The molecule has 0 spiro atoms. The molecule has 0 aromatic heterocycles. The van der Waals surface area contributed by atoms with Gasteiger partial charge in [-0.1, -0.05) is 19.3 Å². The fourth-order valence-corrected chi connectivity index (χ4v) is 4.50. The van der Waals surface area contributed by atoms with E-state index >= 15 is 0 Å². The Hall–Kier alpha value is -1.26. The molecule has 3 fully saturated rings. The molecule has 118 valence electrons. The lowest BCUT2D eigenvalue weighted by Gasteiger charge is -2.43. The Morgan fingerprint density at radius 2 is 1.71 bits per heavy atom. The van der Waals surface area contributed by atoms with E-state index in [0.29, 0.717) is 18.9 Å². The maximum atomic E-state index is 12.7. The van der Waals surface area contributed by atoms with Gasteiger partial charge in [0.1, 0.15) is 0 Å². The number of piperidine rings is 1. The van der Waals surface area contributed by atoms with E-state index in [0.717, 1.165) is 25.4 Å². The average Bonchev–Trinajstić information content (AvgIpc) is 2.88. The fourth-order valence-electron chi connectivity index (χ4n) is 4.50. The van der Waals surface area contributed by atoms with Crippen molar-refractivity contribution < 1.29 is 14.7 Å². The van der Waals surface area contributed by atoms with Crippen molar-refractivity contribution in [1.82, 2.24) is 9.80 Å². The van der Waals surface area contributed by atoms with Gasteiger partial charge in [-0.2, -0.15) is 0 Å². The summed E-state index contributed by atoms with van der Waals surface area (Å²) in [6.45, 7) is 4.18. The molecular weight excluding hydrogens is 268 g/mol. The van der Waals surface area contributed by atoms with E-state index in [9.17, 15) is 14.7 Å². The molecule has 5 heteroatoms. The molecule has 0 bridgehead atoms. The summed E-state index contributed by atoms with van der Waals surface area (Å²) >= 11 is 0. The number of hydrogen-bond acceptors (Lipinski definition) is 2. The molecule has 3 aliphatic rings. The van der Waals surface area contributed by atoms with Crippen LogP contribution in [0.5, 0.6) is 0 Å². The average molecular weight is 294 g/mol. The summed E-state index contributed by atoms with van der Waals surface area (Å²) in [5.74, 6) is 0.306. The normalized spacial score (nSPS) is 36.4. The monoisotopic (exact) mass is 294 g/mol. The van der Waals surface area contributed by atoms with Gasteiger partial charge in [-0.25, -0.2) is 4.79 Å². The summed E-state index contributed by atoms with van der Waals surface area (Å²) in [5, 5.41) is 9.20. The third-order valence-corrected chi connectivity index (χ3v) is 5.88. The van der Waals surface area contributed by atoms with Gasteiger partial charge in [0, 0.05) is 25.7 Å². The van der Waals surface area contributed by atoms with E-state index in [1.54, 1.807) is 4.90 Å². The Bertz CT molecular complexity index is 426. The topological polar surface area (TPSA) is 60.9 Å². The molecule has 2 heterocycles. The molecule has 2 saturated heterocycles. The highest BCUT2D eigenvalue weighted by atomic mass is 16.4. The molecule has 0 aromatic carbocycles. The number of carboxylic acid groups (broad SMARTS) is 1. The molecule has 1 aliphatic carbocycles. The lowest BCUT2D eigenvalue weighted by atomic mass is 9.75. The quantitative estimate of drug-likeness (QED) is 0.808. The van der Waals surface area contributed by atoms with E-state index in [1.165, 1.54) is 25.7 Å². The molecule has 2 aliphatic heterocycles.